The summed E-state index contributed by atoms with van der Waals surface area (Å²) in [6.07, 6.45) is 1.65. The van der Waals surface area contributed by atoms with Crippen LogP contribution in [0.15, 0.2) is 30.3 Å². The lowest BCUT2D eigenvalue weighted by Crippen LogP contribution is -2.57. The third kappa shape index (κ3) is 9.23. The Kier molecular flexibility index (Phi) is 15.7. The minimum atomic E-state index is -0.230. The second kappa shape index (κ2) is 16.8. The smallest absolute Gasteiger partial charge is 0.252 e. The monoisotopic (exact) mass is 443 g/mol. The van der Waals surface area contributed by atoms with E-state index in [4.69, 9.17) is 15.1 Å². The molecule has 2 aliphatic heterocycles. The topological polar surface area (TPSA) is 111 Å². The summed E-state index contributed by atoms with van der Waals surface area (Å²) in [6.45, 7) is 2.77. The highest BCUT2D eigenvalue weighted by Gasteiger charge is 2.39. The van der Waals surface area contributed by atoms with Gasteiger partial charge in [0.25, 0.3) is 5.91 Å². The van der Waals surface area contributed by atoms with Crippen molar-refractivity contribution in [3.8, 4) is 0 Å². The van der Waals surface area contributed by atoms with E-state index in [0.29, 0.717) is 25.9 Å². The van der Waals surface area contributed by atoms with Crippen LogP contribution in [-0.4, -0.2) is 89.7 Å². The van der Waals surface area contributed by atoms with Crippen LogP contribution in [0.5, 0.6) is 0 Å². The lowest BCUT2D eigenvalue weighted by Gasteiger charge is -2.41. The molecule has 1 aromatic carbocycles. The molecule has 3 rings (SSSR count). The zero-order chi connectivity index (χ0) is 22.9. The van der Waals surface area contributed by atoms with Gasteiger partial charge in [-0.1, -0.05) is 37.3 Å². The summed E-state index contributed by atoms with van der Waals surface area (Å²) < 4.78 is 1.77. The van der Waals surface area contributed by atoms with Crippen molar-refractivity contribution in [1.29, 1.82) is 0 Å². The Balaban J connectivity index is 0.000000924. The van der Waals surface area contributed by atoms with Gasteiger partial charge >= 0.3 is 0 Å². The van der Waals surface area contributed by atoms with Gasteiger partial charge in [0, 0.05) is 46.4 Å². The number of rotatable bonds is 4. The van der Waals surface area contributed by atoms with E-state index in [1.807, 2.05) is 25.1 Å². The van der Waals surface area contributed by atoms with Crippen LogP contribution in [0.25, 0.3) is 0 Å². The molecule has 2 amide bonds. The number of likely N-dealkylation sites (N-methyl/N-ethyl adjacent to an activating group) is 1. The van der Waals surface area contributed by atoms with Gasteiger partial charge in [-0.3, -0.25) is 14.4 Å². The van der Waals surface area contributed by atoms with Gasteiger partial charge < -0.3 is 24.8 Å². The molecule has 10 heteroatoms. The van der Waals surface area contributed by atoms with E-state index in [1.165, 1.54) is 17.5 Å². The molecule has 2 fully saturated rings. The van der Waals surface area contributed by atoms with E-state index in [-0.39, 0.29) is 24.6 Å². The highest BCUT2D eigenvalue weighted by molar-refractivity contribution is 7.96. The first-order valence-electron chi connectivity index (χ1n) is 9.52. The van der Waals surface area contributed by atoms with Gasteiger partial charge in [-0.05, 0) is 17.5 Å². The Bertz CT molecular complexity index is 620. The SMILES string of the molecule is CCC=O.CN1CC2N(SCc3ccccc3)OCC(=O)N2CCC1=O.CO.CO. The first kappa shape index (κ1) is 28.0. The summed E-state index contributed by atoms with van der Waals surface area (Å²) in [4.78, 5) is 42.1. The number of hydrogen-bond donors (Lipinski definition) is 2. The zero-order valence-corrected chi connectivity index (χ0v) is 18.9. The van der Waals surface area contributed by atoms with Gasteiger partial charge in [0.15, 0.2) is 0 Å². The normalized spacial score (nSPS) is 18.4. The third-order valence-electron chi connectivity index (χ3n) is 4.04. The van der Waals surface area contributed by atoms with Crippen LogP contribution in [0.3, 0.4) is 0 Å². The molecule has 0 bridgehead atoms. The standard InChI is InChI=1S/C15H19N3O3S.C3H6O.2CH4O/c1-16-9-13-17(8-7-14(16)19)15(20)10-21-18(13)22-11-12-5-3-2-4-6-12;1-2-3-4;2*1-2/h2-6,13H,7-11H2,1H3;3H,2H2,1H3;2*2H,1H3. The van der Waals surface area contributed by atoms with Gasteiger partial charge in [-0.25, -0.2) is 0 Å². The molecule has 2 heterocycles. The number of aliphatic hydroxyl groups excluding tert-OH is 2. The lowest BCUT2D eigenvalue weighted by molar-refractivity contribution is -0.199. The van der Waals surface area contributed by atoms with E-state index in [9.17, 15) is 14.4 Å². The van der Waals surface area contributed by atoms with E-state index < -0.39 is 0 Å². The van der Waals surface area contributed by atoms with Crippen molar-refractivity contribution in [3.05, 3.63) is 35.9 Å². The lowest BCUT2D eigenvalue weighted by atomic mass is 10.2. The first-order valence-corrected chi connectivity index (χ1v) is 10.5. The van der Waals surface area contributed by atoms with Crippen molar-refractivity contribution >= 4 is 30.0 Å². The van der Waals surface area contributed by atoms with Crippen LogP contribution in [0.4, 0.5) is 0 Å². The number of carbonyl (C=O) groups excluding carboxylic acids is 3. The van der Waals surface area contributed by atoms with Crippen LogP contribution in [0.1, 0.15) is 25.3 Å². The van der Waals surface area contributed by atoms with Crippen molar-refractivity contribution in [2.45, 2.75) is 31.7 Å². The van der Waals surface area contributed by atoms with E-state index in [2.05, 4.69) is 12.1 Å². The predicted molar refractivity (Wildman–Crippen MR) is 116 cm³/mol. The van der Waals surface area contributed by atoms with E-state index in [1.54, 1.807) is 21.3 Å². The van der Waals surface area contributed by atoms with Crippen molar-refractivity contribution in [2.75, 3.05) is 41.0 Å². The highest BCUT2D eigenvalue weighted by Crippen LogP contribution is 2.27. The maximum Gasteiger partial charge on any atom is 0.252 e. The highest BCUT2D eigenvalue weighted by atomic mass is 32.2. The van der Waals surface area contributed by atoms with Crippen LogP contribution < -0.4 is 0 Å². The average molecular weight is 444 g/mol. The fourth-order valence-corrected chi connectivity index (χ4v) is 3.54. The van der Waals surface area contributed by atoms with Gasteiger partial charge in [-0.2, -0.15) is 0 Å². The molecule has 2 aliphatic rings. The molecule has 0 saturated carbocycles. The number of hydrogen-bond acceptors (Lipinski definition) is 8. The summed E-state index contributed by atoms with van der Waals surface area (Å²) in [7, 11) is 3.77. The van der Waals surface area contributed by atoms with Crippen LogP contribution in [0, 0.1) is 0 Å². The van der Waals surface area contributed by atoms with Gasteiger partial charge in [-0.15, -0.1) is 4.47 Å². The average Bonchev–Trinajstić information content (AvgIpc) is 2.96. The number of hydroxylamine groups is 1. The number of fused-ring (bicyclic) bond motifs is 1. The predicted octanol–water partition coefficient (Wildman–Crippen LogP) is 0.911. The van der Waals surface area contributed by atoms with Gasteiger partial charge in [0.2, 0.25) is 5.91 Å². The molecule has 0 spiro atoms. The Labute approximate surface area is 182 Å². The van der Waals surface area contributed by atoms with Gasteiger partial charge in [0.1, 0.15) is 19.1 Å². The first-order chi connectivity index (χ1) is 14.6. The van der Waals surface area contributed by atoms with Crippen LogP contribution in [-0.2, 0) is 25.0 Å². The molecule has 0 aromatic heterocycles. The largest absolute Gasteiger partial charge is 0.400 e. The fraction of sp³-hybridized carbons (Fsp3) is 0.550. The van der Waals surface area contributed by atoms with Crippen molar-refractivity contribution in [2.24, 2.45) is 0 Å². The number of amides is 2. The number of aliphatic hydroxyl groups is 2. The fourth-order valence-electron chi connectivity index (χ4n) is 2.60. The molecule has 170 valence electrons. The molecule has 0 radical (unpaired) electrons. The van der Waals surface area contributed by atoms with Crippen molar-refractivity contribution in [3.63, 3.8) is 0 Å². The maximum atomic E-state index is 12.0. The Morgan fingerprint density at radius 1 is 1.13 bits per heavy atom. The molecule has 1 atom stereocenters. The van der Waals surface area contributed by atoms with E-state index in [0.717, 1.165) is 26.3 Å². The van der Waals surface area contributed by atoms with Crippen molar-refractivity contribution < 1.29 is 29.4 Å². The number of carbonyl (C=O) groups is 3. The Morgan fingerprint density at radius 2 is 1.73 bits per heavy atom. The van der Waals surface area contributed by atoms with Crippen LogP contribution >= 0.6 is 11.9 Å². The number of aldehydes is 1. The molecule has 2 saturated heterocycles. The molecular formula is C20H33N3O6S. The van der Waals surface area contributed by atoms with E-state index >= 15 is 0 Å². The molecule has 1 unspecified atom stereocenters. The van der Waals surface area contributed by atoms with Crippen molar-refractivity contribution in [1.82, 2.24) is 14.3 Å². The molecule has 30 heavy (non-hydrogen) atoms. The molecule has 2 N–H and O–H groups in total. The van der Waals surface area contributed by atoms with Gasteiger partial charge in [0.05, 0.1) is 6.54 Å². The molecule has 0 aliphatic carbocycles. The second-order valence-corrected chi connectivity index (χ2v) is 6.89. The third-order valence-corrected chi connectivity index (χ3v) is 5.10. The summed E-state index contributed by atoms with van der Waals surface area (Å²) in [5, 5.41) is 14.0. The zero-order valence-electron chi connectivity index (χ0n) is 18.1. The van der Waals surface area contributed by atoms with Crippen LogP contribution in [0.2, 0.25) is 0 Å². The second-order valence-electron chi connectivity index (χ2n) is 5.98. The summed E-state index contributed by atoms with van der Waals surface area (Å²) in [6, 6.07) is 10.1. The molecular weight excluding hydrogens is 410 g/mol. The number of benzene rings is 1. The maximum absolute atomic E-state index is 12.0. The minimum absolute atomic E-state index is 0.0379. The molecule has 1 aromatic rings. The molecule has 9 nitrogen and oxygen atoms in total. The summed E-state index contributed by atoms with van der Waals surface area (Å²) >= 11 is 1.53. The Morgan fingerprint density at radius 3 is 2.30 bits per heavy atom. The minimum Gasteiger partial charge on any atom is -0.400 e. The quantitative estimate of drug-likeness (QED) is 0.522. The summed E-state index contributed by atoms with van der Waals surface area (Å²) in [5.74, 6) is 0.775. The summed E-state index contributed by atoms with van der Waals surface area (Å²) in [5.41, 5.74) is 1.19. The number of nitrogens with zero attached hydrogens (tertiary/aromatic N) is 3. The Hall–Kier alpha value is -1.98.